The Hall–Kier alpha value is -2.20. The molecule has 1 aliphatic heterocycles. The number of carbonyl (C=O) groups is 1. The molecule has 3 aromatic rings. The van der Waals surface area contributed by atoms with Gasteiger partial charge in [0.25, 0.3) is 0 Å². The number of rotatable bonds is 3. The Morgan fingerprint density at radius 3 is 1.86 bits per heavy atom. The number of hydrogen-bond acceptors (Lipinski definition) is 1. The van der Waals surface area contributed by atoms with E-state index in [1.54, 1.807) is 29.2 Å². The van der Waals surface area contributed by atoms with Crippen molar-refractivity contribution < 1.29 is 4.79 Å². The first-order valence-corrected chi connectivity index (χ1v) is 10.3. The number of benzene rings is 3. The monoisotopic (exact) mass is 444 g/mol. The third kappa shape index (κ3) is 3.59. The highest BCUT2D eigenvalue weighted by Gasteiger charge is 2.53. The minimum absolute atomic E-state index is 0.121. The van der Waals surface area contributed by atoms with Gasteiger partial charge in [0.05, 0.1) is 11.6 Å². The van der Waals surface area contributed by atoms with E-state index >= 15 is 0 Å². The fraction of sp³-hybridized carbons (Fsp3) is 0.174. The lowest BCUT2D eigenvalue weighted by Gasteiger charge is -2.35. The van der Waals surface area contributed by atoms with E-state index < -0.39 is 5.54 Å². The van der Waals surface area contributed by atoms with E-state index in [1.807, 2.05) is 53.4 Å². The molecule has 0 aliphatic carbocycles. The number of nitrogens with zero attached hydrogens (tertiary/aromatic N) is 2. The van der Waals surface area contributed by atoms with E-state index in [0.717, 1.165) is 16.9 Å². The van der Waals surface area contributed by atoms with Gasteiger partial charge in [-0.2, -0.15) is 0 Å². The molecule has 1 heterocycles. The molecular weight excluding hydrogens is 427 g/mol. The third-order valence-electron chi connectivity index (χ3n) is 5.26. The SMILES string of the molecule is CC1(C)C(c2cccc(Cl)c2)N(c2ccc(Cl)cc2)C(=O)N1c1ccc(Cl)cc1. The van der Waals surface area contributed by atoms with E-state index in [2.05, 4.69) is 13.8 Å². The van der Waals surface area contributed by atoms with Crippen LogP contribution in [0.2, 0.25) is 15.1 Å². The summed E-state index contributed by atoms with van der Waals surface area (Å²) in [5, 5.41) is 1.87. The van der Waals surface area contributed by atoms with Gasteiger partial charge in [-0.25, -0.2) is 4.79 Å². The van der Waals surface area contributed by atoms with Crippen molar-refractivity contribution in [3.05, 3.63) is 93.4 Å². The van der Waals surface area contributed by atoms with Gasteiger partial charge >= 0.3 is 6.03 Å². The van der Waals surface area contributed by atoms with Crippen molar-refractivity contribution >= 4 is 52.2 Å². The summed E-state index contributed by atoms with van der Waals surface area (Å²) in [7, 11) is 0. The summed E-state index contributed by atoms with van der Waals surface area (Å²) in [4.78, 5) is 17.3. The van der Waals surface area contributed by atoms with Crippen LogP contribution < -0.4 is 9.80 Å². The predicted molar refractivity (Wildman–Crippen MR) is 122 cm³/mol. The Balaban J connectivity index is 1.90. The van der Waals surface area contributed by atoms with Crippen LogP contribution in [0.25, 0.3) is 0 Å². The van der Waals surface area contributed by atoms with Crippen molar-refractivity contribution in [3.8, 4) is 0 Å². The van der Waals surface area contributed by atoms with Gasteiger partial charge in [-0.3, -0.25) is 9.80 Å². The number of urea groups is 1. The Morgan fingerprint density at radius 2 is 1.31 bits per heavy atom. The van der Waals surface area contributed by atoms with Gasteiger partial charge in [0.2, 0.25) is 0 Å². The average molecular weight is 446 g/mol. The van der Waals surface area contributed by atoms with Crippen LogP contribution in [0.15, 0.2) is 72.8 Å². The molecule has 1 saturated heterocycles. The van der Waals surface area contributed by atoms with Gasteiger partial charge in [-0.1, -0.05) is 46.9 Å². The minimum Gasteiger partial charge on any atom is -0.286 e. The van der Waals surface area contributed by atoms with E-state index in [4.69, 9.17) is 34.8 Å². The number of carbonyl (C=O) groups excluding carboxylic acids is 1. The van der Waals surface area contributed by atoms with Gasteiger partial charge in [0.1, 0.15) is 0 Å². The molecule has 3 nitrogen and oxygen atoms in total. The third-order valence-corrected chi connectivity index (χ3v) is 5.99. The van der Waals surface area contributed by atoms with Crippen molar-refractivity contribution in [2.75, 3.05) is 9.80 Å². The van der Waals surface area contributed by atoms with Gasteiger partial charge in [0.15, 0.2) is 0 Å². The molecule has 1 atom stereocenters. The quantitative estimate of drug-likeness (QED) is 0.407. The second-order valence-electron chi connectivity index (χ2n) is 7.55. The smallest absolute Gasteiger partial charge is 0.286 e. The first-order valence-electron chi connectivity index (χ1n) is 9.19. The molecule has 0 spiro atoms. The van der Waals surface area contributed by atoms with E-state index in [0.29, 0.717) is 15.1 Å². The van der Waals surface area contributed by atoms with Crippen LogP contribution in [-0.2, 0) is 0 Å². The van der Waals surface area contributed by atoms with E-state index in [-0.39, 0.29) is 12.1 Å². The standard InChI is InChI=1S/C23H19Cl3N2O/c1-23(2)21(15-4-3-5-18(26)14-15)27(19-10-6-16(24)7-11-19)22(29)28(23)20-12-8-17(25)9-13-20/h3-14,21H,1-2H3. The van der Waals surface area contributed by atoms with Crippen molar-refractivity contribution in [3.63, 3.8) is 0 Å². The first kappa shape index (κ1) is 20.1. The first-order chi connectivity index (χ1) is 13.8. The largest absolute Gasteiger partial charge is 0.330 e. The van der Waals surface area contributed by atoms with Gasteiger partial charge in [-0.05, 0) is 80.1 Å². The molecule has 0 N–H and O–H groups in total. The Labute approximate surface area is 185 Å². The molecule has 0 aromatic heterocycles. The highest BCUT2D eigenvalue weighted by Crippen LogP contribution is 2.48. The minimum atomic E-state index is -0.560. The molecule has 6 heteroatoms. The molecule has 0 bridgehead atoms. The van der Waals surface area contributed by atoms with Gasteiger partial charge in [0, 0.05) is 26.4 Å². The predicted octanol–water partition coefficient (Wildman–Crippen LogP) is 7.61. The molecule has 3 aromatic carbocycles. The summed E-state index contributed by atoms with van der Waals surface area (Å²) in [6.07, 6.45) is 0. The lowest BCUT2D eigenvalue weighted by atomic mass is 9.87. The van der Waals surface area contributed by atoms with Crippen molar-refractivity contribution in [1.82, 2.24) is 0 Å². The molecular formula is C23H19Cl3N2O. The topological polar surface area (TPSA) is 23.6 Å². The summed E-state index contributed by atoms with van der Waals surface area (Å²) in [6.45, 7) is 4.11. The molecule has 1 unspecified atom stereocenters. The van der Waals surface area contributed by atoms with Gasteiger partial charge in [-0.15, -0.1) is 0 Å². The van der Waals surface area contributed by atoms with Crippen LogP contribution in [0.1, 0.15) is 25.5 Å². The van der Waals surface area contributed by atoms with Crippen LogP contribution in [0.4, 0.5) is 16.2 Å². The zero-order valence-electron chi connectivity index (χ0n) is 15.9. The van der Waals surface area contributed by atoms with Crippen LogP contribution in [0, 0.1) is 0 Å². The molecule has 2 amide bonds. The number of amides is 2. The summed E-state index contributed by atoms with van der Waals surface area (Å²) >= 11 is 18.4. The molecule has 1 fully saturated rings. The highest BCUT2D eigenvalue weighted by molar-refractivity contribution is 6.31. The molecule has 1 aliphatic rings. The second kappa shape index (κ2) is 7.56. The van der Waals surface area contributed by atoms with Crippen LogP contribution in [-0.4, -0.2) is 11.6 Å². The molecule has 29 heavy (non-hydrogen) atoms. The fourth-order valence-corrected chi connectivity index (χ4v) is 4.48. The van der Waals surface area contributed by atoms with Gasteiger partial charge < -0.3 is 0 Å². The highest BCUT2D eigenvalue weighted by atomic mass is 35.5. The Morgan fingerprint density at radius 1 is 0.759 bits per heavy atom. The van der Waals surface area contributed by atoms with E-state index in [9.17, 15) is 4.79 Å². The normalized spacial score (nSPS) is 18.4. The average Bonchev–Trinajstić information content (AvgIpc) is 2.89. The molecule has 148 valence electrons. The number of hydrogen-bond donors (Lipinski definition) is 0. The summed E-state index contributed by atoms with van der Waals surface area (Å²) in [6, 6.07) is 21.9. The van der Waals surface area contributed by atoms with Crippen molar-refractivity contribution in [2.45, 2.75) is 25.4 Å². The van der Waals surface area contributed by atoms with Crippen molar-refractivity contribution in [1.29, 1.82) is 0 Å². The van der Waals surface area contributed by atoms with Crippen LogP contribution in [0.3, 0.4) is 0 Å². The van der Waals surface area contributed by atoms with E-state index in [1.165, 1.54) is 0 Å². The second-order valence-corrected chi connectivity index (χ2v) is 8.86. The number of halogens is 3. The Bertz CT molecular complexity index is 1050. The summed E-state index contributed by atoms with van der Waals surface area (Å²) < 4.78 is 0. The molecule has 4 rings (SSSR count). The summed E-state index contributed by atoms with van der Waals surface area (Å²) in [5.74, 6) is 0. The maximum Gasteiger partial charge on any atom is 0.330 e. The zero-order chi connectivity index (χ0) is 20.8. The van der Waals surface area contributed by atoms with Crippen LogP contribution >= 0.6 is 34.8 Å². The van der Waals surface area contributed by atoms with Crippen LogP contribution in [0.5, 0.6) is 0 Å². The lowest BCUT2D eigenvalue weighted by molar-refractivity contribution is 0.254. The lowest BCUT2D eigenvalue weighted by Crippen LogP contribution is -2.43. The zero-order valence-corrected chi connectivity index (χ0v) is 18.2. The summed E-state index contributed by atoms with van der Waals surface area (Å²) in [5.41, 5.74) is 1.96. The Kier molecular flexibility index (Phi) is 5.24. The molecule has 0 radical (unpaired) electrons. The van der Waals surface area contributed by atoms with Crippen molar-refractivity contribution in [2.24, 2.45) is 0 Å². The molecule has 0 saturated carbocycles. The maximum atomic E-state index is 13.7. The fourth-order valence-electron chi connectivity index (χ4n) is 4.03. The number of anilines is 2. The maximum absolute atomic E-state index is 13.7.